The number of aromatic nitrogens is 1. The Morgan fingerprint density at radius 2 is 2.21 bits per heavy atom. The standard InChI is InChI=1S/C13H10N2O4/c1-15-6-8-3-2-7(4-9(8)12(15)16)10-5-11(13(17)18)19-14-10/h2-5H,6H2,1H3,(H,17,18). The fourth-order valence-electron chi connectivity index (χ4n) is 2.12. The molecule has 19 heavy (non-hydrogen) atoms. The number of hydrogen-bond acceptors (Lipinski definition) is 4. The molecule has 0 atom stereocenters. The van der Waals surface area contributed by atoms with Gasteiger partial charge < -0.3 is 14.5 Å². The Kier molecular flexibility index (Phi) is 2.38. The van der Waals surface area contributed by atoms with E-state index >= 15 is 0 Å². The van der Waals surface area contributed by atoms with E-state index < -0.39 is 5.97 Å². The van der Waals surface area contributed by atoms with Crippen LogP contribution in [0.25, 0.3) is 11.3 Å². The molecule has 0 radical (unpaired) electrons. The lowest BCUT2D eigenvalue weighted by molar-refractivity contribution is 0.0651. The Bertz CT molecular complexity index is 690. The predicted octanol–water partition coefficient (Wildman–Crippen LogP) is 1.63. The molecule has 0 unspecified atom stereocenters. The van der Waals surface area contributed by atoms with Crippen molar-refractivity contribution in [2.45, 2.75) is 6.54 Å². The highest BCUT2D eigenvalue weighted by Gasteiger charge is 2.25. The lowest BCUT2D eigenvalue weighted by Crippen LogP contribution is -2.17. The topological polar surface area (TPSA) is 83.6 Å². The van der Waals surface area contributed by atoms with E-state index in [0.717, 1.165) is 5.56 Å². The van der Waals surface area contributed by atoms with Crippen LogP contribution in [0.4, 0.5) is 0 Å². The Morgan fingerprint density at radius 1 is 1.42 bits per heavy atom. The van der Waals surface area contributed by atoms with Gasteiger partial charge in [-0.25, -0.2) is 4.79 Å². The predicted molar refractivity (Wildman–Crippen MR) is 64.7 cm³/mol. The van der Waals surface area contributed by atoms with Crippen molar-refractivity contribution in [2.75, 3.05) is 7.05 Å². The van der Waals surface area contributed by atoms with E-state index in [-0.39, 0.29) is 11.7 Å². The normalized spacial score (nSPS) is 13.7. The summed E-state index contributed by atoms with van der Waals surface area (Å²) in [5.74, 6) is -1.44. The average Bonchev–Trinajstić information content (AvgIpc) is 2.96. The number of carboxylic acid groups (broad SMARTS) is 1. The van der Waals surface area contributed by atoms with Gasteiger partial charge >= 0.3 is 5.97 Å². The van der Waals surface area contributed by atoms with Gasteiger partial charge in [-0.1, -0.05) is 17.3 Å². The number of carbonyl (C=O) groups excluding carboxylic acids is 1. The first kappa shape index (κ1) is 11.5. The maximum Gasteiger partial charge on any atom is 0.374 e. The molecule has 0 saturated carbocycles. The number of carboxylic acids is 1. The second-order valence-corrected chi connectivity index (χ2v) is 4.41. The van der Waals surface area contributed by atoms with Crippen LogP contribution in [0.15, 0.2) is 28.8 Å². The third-order valence-electron chi connectivity index (χ3n) is 3.11. The summed E-state index contributed by atoms with van der Waals surface area (Å²) in [6, 6.07) is 6.70. The first-order chi connectivity index (χ1) is 9.06. The van der Waals surface area contributed by atoms with Gasteiger partial charge in [-0.05, 0) is 11.6 Å². The van der Waals surface area contributed by atoms with Gasteiger partial charge in [0.25, 0.3) is 5.91 Å². The number of nitrogens with zero attached hydrogens (tertiary/aromatic N) is 2. The Hall–Kier alpha value is -2.63. The molecule has 1 N–H and O–H groups in total. The number of carbonyl (C=O) groups is 2. The van der Waals surface area contributed by atoms with Gasteiger partial charge in [0, 0.05) is 30.8 Å². The van der Waals surface area contributed by atoms with Crippen LogP contribution in [0.2, 0.25) is 0 Å². The molecule has 0 bridgehead atoms. The average molecular weight is 258 g/mol. The molecule has 2 aromatic rings. The van der Waals surface area contributed by atoms with E-state index in [1.165, 1.54) is 6.07 Å². The van der Waals surface area contributed by atoms with Crippen molar-refractivity contribution in [3.05, 3.63) is 41.2 Å². The zero-order valence-electron chi connectivity index (χ0n) is 10.1. The second-order valence-electron chi connectivity index (χ2n) is 4.41. The van der Waals surface area contributed by atoms with Gasteiger partial charge in [0.15, 0.2) is 0 Å². The summed E-state index contributed by atoms with van der Waals surface area (Å²) in [7, 11) is 1.74. The van der Waals surface area contributed by atoms with Crippen molar-refractivity contribution >= 4 is 11.9 Å². The summed E-state index contributed by atoms with van der Waals surface area (Å²) in [5, 5.41) is 12.5. The summed E-state index contributed by atoms with van der Waals surface area (Å²) in [4.78, 5) is 24.2. The summed E-state index contributed by atoms with van der Waals surface area (Å²) in [5.41, 5.74) is 2.65. The van der Waals surface area contributed by atoms with Gasteiger partial charge in [0.05, 0.1) is 0 Å². The Balaban J connectivity index is 2.03. The molecule has 0 spiro atoms. The second kappa shape index (κ2) is 3.94. The molecule has 6 heteroatoms. The van der Waals surface area contributed by atoms with Crippen molar-refractivity contribution in [1.82, 2.24) is 10.1 Å². The van der Waals surface area contributed by atoms with E-state index in [4.69, 9.17) is 9.63 Å². The van der Waals surface area contributed by atoms with Crippen LogP contribution in [0.1, 0.15) is 26.5 Å². The van der Waals surface area contributed by atoms with E-state index in [9.17, 15) is 9.59 Å². The van der Waals surface area contributed by atoms with Crippen LogP contribution in [-0.2, 0) is 6.54 Å². The zero-order chi connectivity index (χ0) is 13.6. The summed E-state index contributed by atoms with van der Waals surface area (Å²) < 4.78 is 4.70. The molecule has 2 heterocycles. The van der Waals surface area contributed by atoms with Crippen LogP contribution >= 0.6 is 0 Å². The van der Waals surface area contributed by atoms with Crippen LogP contribution in [-0.4, -0.2) is 34.1 Å². The summed E-state index contributed by atoms with van der Waals surface area (Å²) >= 11 is 0. The molecule has 96 valence electrons. The first-order valence-electron chi connectivity index (χ1n) is 5.65. The molecule has 0 saturated heterocycles. The van der Waals surface area contributed by atoms with Crippen LogP contribution in [0.3, 0.4) is 0 Å². The van der Waals surface area contributed by atoms with Crippen molar-refractivity contribution in [3.8, 4) is 11.3 Å². The number of amides is 1. The highest BCUT2D eigenvalue weighted by molar-refractivity contribution is 5.99. The van der Waals surface area contributed by atoms with E-state index in [1.54, 1.807) is 24.1 Å². The van der Waals surface area contributed by atoms with Gasteiger partial charge in [0.2, 0.25) is 5.76 Å². The van der Waals surface area contributed by atoms with Crippen LogP contribution < -0.4 is 0 Å². The first-order valence-corrected chi connectivity index (χ1v) is 5.65. The van der Waals surface area contributed by atoms with Gasteiger partial charge in [0.1, 0.15) is 5.69 Å². The van der Waals surface area contributed by atoms with Gasteiger partial charge in [-0.15, -0.1) is 0 Å². The summed E-state index contributed by atoms with van der Waals surface area (Å²) in [6.45, 7) is 0.591. The highest BCUT2D eigenvalue weighted by Crippen LogP contribution is 2.27. The van der Waals surface area contributed by atoms with Crippen LogP contribution in [0.5, 0.6) is 0 Å². The molecule has 6 nitrogen and oxygen atoms in total. The van der Waals surface area contributed by atoms with Crippen molar-refractivity contribution in [2.24, 2.45) is 0 Å². The van der Waals surface area contributed by atoms with Crippen molar-refractivity contribution < 1.29 is 19.2 Å². The van der Waals surface area contributed by atoms with Crippen molar-refractivity contribution in [1.29, 1.82) is 0 Å². The number of rotatable bonds is 2. The maximum atomic E-state index is 11.9. The highest BCUT2D eigenvalue weighted by atomic mass is 16.5. The molecular weight excluding hydrogens is 248 g/mol. The molecule has 1 aromatic carbocycles. The monoisotopic (exact) mass is 258 g/mol. The molecule has 0 fully saturated rings. The Morgan fingerprint density at radius 3 is 2.89 bits per heavy atom. The minimum Gasteiger partial charge on any atom is -0.475 e. The minimum absolute atomic E-state index is 0.0428. The van der Waals surface area contributed by atoms with Gasteiger partial charge in [-0.2, -0.15) is 0 Å². The van der Waals surface area contributed by atoms with E-state index in [2.05, 4.69) is 5.16 Å². The third kappa shape index (κ3) is 1.77. The molecule has 1 aliphatic heterocycles. The van der Waals surface area contributed by atoms with Crippen molar-refractivity contribution in [3.63, 3.8) is 0 Å². The molecule has 3 rings (SSSR count). The molecule has 1 aromatic heterocycles. The fourth-order valence-corrected chi connectivity index (χ4v) is 2.12. The molecular formula is C13H10N2O4. The number of fused-ring (bicyclic) bond motifs is 1. The lowest BCUT2D eigenvalue weighted by atomic mass is 10.0. The maximum absolute atomic E-state index is 11.9. The third-order valence-corrected chi connectivity index (χ3v) is 3.11. The largest absolute Gasteiger partial charge is 0.475 e. The molecule has 1 aliphatic rings. The molecule has 1 amide bonds. The molecule has 0 aliphatic carbocycles. The number of benzene rings is 1. The van der Waals surface area contributed by atoms with E-state index in [1.807, 2.05) is 6.07 Å². The minimum atomic E-state index is -1.17. The zero-order valence-corrected chi connectivity index (χ0v) is 10.1. The van der Waals surface area contributed by atoms with Crippen LogP contribution in [0, 0.1) is 0 Å². The SMILES string of the molecule is CN1Cc2ccc(-c3cc(C(=O)O)on3)cc2C1=O. The number of hydrogen-bond donors (Lipinski definition) is 1. The number of aromatic carboxylic acids is 1. The lowest BCUT2D eigenvalue weighted by Gasteiger charge is -2.04. The van der Waals surface area contributed by atoms with E-state index in [0.29, 0.717) is 23.4 Å². The van der Waals surface area contributed by atoms with Gasteiger partial charge in [-0.3, -0.25) is 4.79 Å². The summed E-state index contributed by atoms with van der Waals surface area (Å²) in [6.07, 6.45) is 0. The smallest absolute Gasteiger partial charge is 0.374 e. The quantitative estimate of drug-likeness (QED) is 0.884. The Labute approximate surface area is 108 Å². The fraction of sp³-hybridized carbons (Fsp3) is 0.154.